The second-order valence-electron chi connectivity index (χ2n) is 6.55. The zero-order valence-corrected chi connectivity index (χ0v) is 16.2. The number of sulfone groups is 1. The summed E-state index contributed by atoms with van der Waals surface area (Å²) in [4.78, 5) is 38.8. The highest BCUT2D eigenvalue weighted by atomic mass is 32.2. The number of carboxylic acids is 1. The van der Waals surface area contributed by atoms with Crippen molar-refractivity contribution in [2.24, 2.45) is 5.92 Å². The summed E-state index contributed by atoms with van der Waals surface area (Å²) in [6.45, 7) is 1.97. The van der Waals surface area contributed by atoms with E-state index < -0.39 is 27.6 Å². The summed E-state index contributed by atoms with van der Waals surface area (Å²) in [7, 11) is -2.13. The molecule has 0 saturated carbocycles. The molecule has 1 fully saturated rings. The molecule has 27 heavy (non-hydrogen) atoms. The fraction of sp³-hybridized carbons (Fsp3) is 0.500. The first-order valence-corrected chi connectivity index (χ1v) is 10.4. The number of hydrogen-bond donors (Lipinski definition) is 1. The van der Waals surface area contributed by atoms with Crippen LogP contribution in [0.4, 0.5) is 0 Å². The summed E-state index contributed by atoms with van der Waals surface area (Å²) in [5.41, 5.74) is 0.0410. The van der Waals surface area contributed by atoms with Crippen LogP contribution in [0.2, 0.25) is 0 Å². The lowest BCUT2D eigenvalue weighted by molar-refractivity contribution is -0.145. The summed E-state index contributed by atoms with van der Waals surface area (Å²) >= 11 is 0. The van der Waals surface area contributed by atoms with Gasteiger partial charge in [-0.1, -0.05) is 19.1 Å². The third-order valence-electron chi connectivity index (χ3n) is 4.75. The molecule has 1 aromatic carbocycles. The van der Waals surface area contributed by atoms with Gasteiger partial charge < -0.3 is 14.9 Å². The Morgan fingerprint density at radius 1 is 1.19 bits per heavy atom. The van der Waals surface area contributed by atoms with Gasteiger partial charge in [0, 0.05) is 20.1 Å². The van der Waals surface area contributed by atoms with Gasteiger partial charge in [0.1, 0.15) is 0 Å². The minimum Gasteiger partial charge on any atom is -0.481 e. The number of nitrogens with zero attached hydrogens (tertiary/aromatic N) is 2. The topological polar surface area (TPSA) is 112 Å². The van der Waals surface area contributed by atoms with Gasteiger partial charge in [0.15, 0.2) is 9.84 Å². The Balaban J connectivity index is 2.07. The summed E-state index contributed by atoms with van der Waals surface area (Å²) in [6.07, 6.45) is 0.770. The standard InChI is InChI=1S/C18H24N2O6S/c1-3-27(25,26)15-7-5-4-6-14(15)17(22)19(2)12-16(21)20-10-8-13(9-11-20)18(23)24/h4-7,13H,3,8-12H2,1-2H3,(H,23,24). The first kappa shape index (κ1) is 20.9. The highest BCUT2D eigenvalue weighted by molar-refractivity contribution is 7.91. The first-order chi connectivity index (χ1) is 12.7. The zero-order chi connectivity index (χ0) is 20.2. The minimum absolute atomic E-state index is 0.0410. The van der Waals surface area contributed by atoms with Crippen LogP contribution < -0.4 is 0 Å². The van der Waals surface area contributed by atoms with Gasteiger partial charge in [-0.15, -0.1) is 0 Å². The van der Waals surface area contributed by atoms with Crippen molar-refractivity contribution in [3.8, 4) is 0 Å². The number of carbonyl (C=O) groups is 3. The van der Waals surface area contributed by atoms with Crippen LogP contribution in [-0.4, -0.2) is 73.5 Å². The zero-order valence-electron chi connectivity index (χ0n) is 15.4. The number of benzene rings is 1. The highest BCUT2D eigenvalue weighted by Crippen LogP contribution is 2.20. The van der Waals surface area contributed by atoms with Gasteiger partial charge in [0.05, 0.1) is 28.7 Å². The number of carbonyl (C=O) groups excluding carboxylic acids is 2. The van der Waals surface area contributed by atoms with Gasteiger partial charge in [-0.2, -0.15) is 0 Å². The van der Waals surface area contributed by atoms with Crippen molar-refractivity contribution in [3.63, 3.8) is 0 Å². The molecule has 2 amide bonds. The number of aliphatic carboxylic acids is 1. The molecule has 0 unspecified atom stereocenters. The van der Waals surface area contributed by atoms with Crippen molar-refractivity contribution in [2.75, 3.05) is 32.4 Å². The number of piperidine rings is 1. The van der Waals surface area contributed by atoms with Crippen LogP contribution in [0.5, 0.6) is 0 Å². The molecule has 0 aliphatic carbocycles. The predicted octanol–water partition coefficient (Wildman–Crippen LogP) is 0.875. The number of rotatable bonds is 6. The molecule has 0 spiro atoms. The summed E-state index contributed by atoms with van der Waals surface area (Å²) < 4.78 is 24.4. The second-order valence-corrected chi connectivity index (χ2v) is 8.80. The summed E-state index contributed by atoms with van der Waals surface area (Å²) in [6, 6.07) is 5.95. The Morgan fingerprint density at radius 3 is 2.33 bits per heavy atom. The maximum atomic E-state index is 12.7. The van der Waals surface area contributed by atoms with Crippen molar-refractivity contribution in [2.45, 2.75) is 24.7 Å². The quantitative estimate of drug-likeness (QED) is 0.764. The lowest BCUT2D eigenvalue weighted by atomic mass is 9.97. The smallest absolute Gasteiger partial charge is 0.306 e. The maximum Gasteiger partial charge on any atom is 0.306 e. The van der Waals surface area contributed by atoms with Crippen LogP contribution in [0, 0.1) is 5.92 Å². The number of amides is 2. The molecule has 1 saturated heterocycles. The predicted molar refractivity (Wildman–Crippen MR) is 98.1 cm³/mol. The molecule has 1 aliphatic heterocycles. The van der Waals surface area contributed by atoms with Crippen LogP contribution in [0.1, 0.15) is 30.1 Å². The van der Waals surface area contributed by atoms with Crippen LogP contribution in [0.3, 0.4) is 0 Å². The first-order valence-electron chi connectivity index (χ1n) is 8.75. The van der Waals surface area contributed by atoms with Gasteiger partial charge in [-0.3, -0.25) is 14.4 Å². The van der Waals surface area contributed by atoms with E-state index in [0.29, 0.717) is 25.9 Å². The van der Waals surface area contributed by atoms with Gasteiger partial charge in [-0.25, -0.2) is 8.42 Å². The fourth-order valence-electron chi connectivity index (χ4n) is 3.03. The van der Waals surface area contributed by atoms with E-state index in [9.17, 15) is 22.8 Å². The fourth-order valence-corrected chi connectivity index (χ4v) is 4.11. The van der Waals surface area contributed by atoms with Gasteiger partial charge in [-0.05, 0) is 25.0 Å². The molecule has 148 valence electrons. The number of hydrogen-bond acceptors (Lipinski definition) is 5. The molecular formula is C18H24N2O6S. The van der Waals surface area contributed by atoms with Crippen molar-refractivity contribution >= 4 is 27.6 Å². The Morgan fingerprint density at radius 2 is 1.78 bits per heavy atom. The molecule has 1 aromatic rings. The SMILES string of the molecule is CCS(=O)(=O)c1ccccc1C(=O)N(C)CC(=O)N1CCC(C(=O)O)CC1. The molecule has 1 heterocycles. The van der Waals surface area contributed by atoms with Crippen molar-refractivity contribution in [1.82, 2.24) is 9.80 Å². The van der Waals surface area contributed by atoms with Crippen LogP contribution in [0.15, 0.2) is 29.2 Å². The van der Waals surface area contributed by atoms with Crippen molar-refractivity contribution in [3.05, 3.63) is 29.8 Å². The van der Waals surface area contributed by atoms with E-state index in [1.54, 1.807) is 12.1 Å². The van der Waals surface area contributed by atoms with Crippen LogP contribution in [0.25, 0.3) is 0 Å². The molecule has 1 aliphatic rings. The lowest BCUT2D eigenvalue weighted by Crippen LogP contribution is -2.45. The van der Waals surface area contributed by atoms with Crippen molar-refractivity contribution < 1.29 is 27.9 Å². The Labute approximate surface area is 158 Å². The Bertz CT molecular complexity index is 828. The minimum atomic E-state index is -3.57. The average Bonchev–Trinajstić information content (AvgIpc) is 2.67. The molecule has 0 radical (unpaired) electrons. The van der Waals surface area contributed by atoms with E-state index in [1.807, 2.05) is 0 Å². The highest BCUT2D eigenvalue weighted by Gasteiger charge is 2.29. The van der Waals surface area contributed by atoms with E-state index in [4.69, 9.17) is 5.11 Å². The molecule has 0 bridgehead atoms. The molecule has 0 atom stereocenters. The van der Waals surface area contributed by atoms with Gasteiger partial charge in [0.25, 0.3) is 5.91 Å². The van der Waals surface area contributed by atoms with Crippen molar-refractivity contribution in [1.29, 1.82) is 0 Å². The molecule has 9 heteroatoms. The maximum absolute atomic E-state index is 12.7. The molecule has 8 nitrogen and oxygen atoms in total. The van der Waals surface area contributed by atoms with E-state index in [-0.39, 0.29) is 28.7 Å². The number of likely N-dealkylation sites (N-methyl/N-ethyl adjacent to an activating group) is 1. The summed E-state index contributed by atoms with van der Waals surface area (Å²) in [5, 5.41) is 9.01. The molecule has 1 N–H and O–H groups in total. The van der Waals surface area contributed by atoms with E-state index in [2.05, 4.69) is 0 Å². The molecular weight excluding hydrogens is 372 g/mol. The average molecular weight is 396 g/mol. The van der Waals surface area contributed by atoms with E-state index in [0.717, 1.165) is 0 Å². The third kappa shape index (κ3) is 4.85. The normalized spacial score (nSPS) is 15.4. The van der Waals surface area contributed by atoms with E-state index >= 15 is 0 Å². The molecule has 2 rings (SSSR count). The van der Waals surface area contributed by atoms with Crippen LogP contribution >= 0.6 is 0 Å². The largest absolute Gasteiger partial charge is 0.481 e. The lowest BCUT2D eigenvalue weighted by Gasteiger charge is -2.31. The molecule has 0 aromatic heterocycles. The second kappa shape index (κ2) is 8.51. The van der Waals surface area contributed by atoms with Crippen LogP contribution in [-0.2, 0) is 19.4 Å². The third-order valence-corrected chi connectivity index (χ3v) is 6.53. The van der Waals surface area contributed by atoms with Gasteiger partial charge in [0.2, 0.25) is 5.91 Å². The number of carboxylic acid groups (broad SMARTS) is 1. The number of likely N-dealkylation sites (tertiary alicyclic amines) is 1. The van der Waals surface area contributed by atoms with E-state index in [1.165, 1.54) is 35.9 Å². The Kier molecular flexibility index (Phi) is 6.59. The monoisotopic (exact) mass is 396 g/mol. The Hall–Kier alpha value is -2.42. The van der Waals surface area contributed by atoms with Gasteiger partial charge >= 0.3 is 5.97 Å². The summed E-state index contributed by atoms with van der Waals surface area (Å²) in [5.74, 6) is -2.26.